The minimum atomic E-state index is 0.681. The third kappa shape index (κ3) is 2.33. The summed E-state index contributed by atoms with van der Waals surface area (Å²) >= 11 is 0. The van der Waals surface area contributed by atoms with E-state index in [-0.39, 0.29) is 0 Å². The van der Waals surface area contributed by atoms with Gasteiger partial charge in [0.05, 0.1) is 17.4 Å². The largest absolute Gasteiger partial charge is 0.382 e. The lowest BCUT2D eigenvalue weighted by molar-refractivity contribution is 0.439. The van der Waals surface area contributed by atoms with Crippen LogP contribution in [0.3, 0.4) is 0 Å². The molecule has 0 aliphatic heterocycles. The molecule has 1 aliphatic carbocycles. The van der Waals surface area contributed by atoms with E-state index in [2.05, 4.69) is 23.3 Å². The van der Waals surface area contributed by atoms with Crippen molar-refractivity contribution in [1.29, 1.82) is 5.26 Å². The Labute approximate surface area is 96.5 Å². The van der Waals surface area contributed by atoms with E-state index in [9.17, 15) is 0 Å². The van der Waals surface area contributed by atoms with Gasteiger partial charge in [-0.3, -0.25) is 4.98 Å². The number of nitriles is 1. The molecule has 1 N–H and O–H groups in total. The van der Waals surface area contributed by atoms with Gasteiger partial charge in [-0.1, -0.05) is 19.8 Å². The Bertz CT molecular complexity index is 394. The summed E-state index contributed by atoms with van der Waals surface area (Å²) in [6, 6.07) is 3.93. The molecule has 16 heavy (non-hydrogen) atoms. The molecule has 2 rings (SSSR count). The number of anilines is 1. The van der Waals surface area contributed by atoms with Crippen molar-refractivity contribution in [2.45, 2.75) is 26.2 Å². The third-order valence-corrected chi connectivity index (χ3v) is 3.54. The Morgan fingerprint density at radius 2 is 2.44 bits per heavy atom. The molecule has 2 unspecified atom stereocenters. The molecule has 1 heterocycles. The van der Waals surface area contributed by atoms with Crippen LogP contribution in [0, 0.1) is 23.2 Å². The molecule has 3 heteroatoms. The maximum absolute atomic E-state index is 8.94. The molecule has 1 aromatic heterocycles. The first-order chi connectivity index (χ1) is 7.81. The van der Waals surface area contributed by atoms with E-state index < -0.39 is 0 Å². The second-order valence-corrected chi connectivity index (χ2v) is 4.58. The van der Waals surface area contributed by atoms with Crippen molar-refractivity contribution in [2.75, 3.05) is 11.9 Å². The van der Waals surface area contributed by atoms with Gasteiger partial charge in [0.2, 0.25) is 0 Å². The molecule has 1 aromatic rings. The fourth-order valence-corrected chi connectivity index (χ4v) is 2.40. The zero-order valence-electron chi connectivity index (χ0n) is 9.61. The lowest BCUT2D eigenvalue weighted by Gasteiger charge is -2.16. The monoisotopic (exact) mass is 215 g/mol. The lowest BCUT2D eigenvalue weighted by Crippen LogP contribution is -2.17. The molecule has 1 aliphatic rings. The predicted octanol–water partition coefficient (Wildman–Crippen LogP) is 2.80. The Balaban J connectivity index is 1.97. The number of pyridine rings is 1. The molecule has 3 nitrogen and oxygen atoms in total. The summed E-state index contributed by atoms with van der Waals surface area (Å²) in [6.45, 7) is 3.27. The number of hydrogen-bond donors (Lipinski definition) is 1. The van der Waals surface area contributed by atoms with E-state index in [0.717, 1.165) is 24.1 Å². The van der Waals surface area contributed by atoms with Gasteiger partial charge in [0.15, 0.2) is 0 Å². The maximum atomic E-state index is 8.94. The van der Waals surface area contributed by atoms with Crippen LogP contribution < -0.4 is 5.32 Å². The van der Waals surface area contributed by atoms with E-state index in [4.69, 9.17) is 5.26 Å². The first-order valence-corrected chi connectivity index (χ1v) is 5.89. The van der Waals surface area contributed by atoms with Crippen molar-refractivity contribution in [3.05, 3.63) is 24.0 Å². The second-order valence-electron chi connectivity index (χ2n) is 4.58. The van der Waals surface area contributed by atoms with E-state index in [0.29, 0.717) is 5.56 Å². The number of nitrogens with zero attached hydrogens (tertiary/aromatic N) is 2. The normalized spacial score (nSPS) is 24.0. The highest BCUT2D eigenvalue weighted by Crippen LogP contribution is 2.31. The van der Waals surface area contributed by atoms with Crippen LogP contribution in [0.15, 0.2) is 18.5 Å². The van der Waals surface area contributed by atoms with Crippen LogP contribution in [0.4, 0.5) is 5.69 Å². The van der Waals surface area contributed by atoms with Gasteiger partial charge in [0.1, 0.15) is 6.07 Å². The van der Waals surface area contributed by atoms with E-state index in [1.165, 1.54) is 19.3 Å². The van der Waals surface area contributed by atoms with Crippen molar-refractivity contribution in [3.63, 3.8) is 0 Å². The fourth-order valence-electron chi connectivity index (χ4n) is 2.40. The minimum absolute atomic E-state index is 0.681. The van der Waals surface area contributed by atoms with Crippen molar-refractivity contribution < 1.29 is 0 Å². The SMILES string of the molecule is CC1CCCC1CNc1cnccc1C#N. The standard InChI is InChI=1S/C13H17N3/c1-10-3-2-4-12(10)8-16-13-9-15-6-5-11(13)7-14/h5-6,9-10,12,16H,2-4,8H2,1H3. The molecule has 1 saturated carbocycles. The average molecular weight is 215 g/mol. The first kappa shape index (κ1) is 10.9. The summed E-state index contributed by atoms with van der Waals surface area (Å²) in [5.74, 6) is 1.54. The van der Waals surface area contributed by atoms with Gasteiger partial charge in [-0.25, -0.2) is 0 Å². The number of hydrogen-bond acceptors (Lipinski definition) is 3. The Kier molecular flexibility index (Phi) is 3.40. The van der Waals surface area contributed by atoms with E-state index in [1.54, 1.807) is 18.5 Å². The summed E-state index contributed by atoms with van der Waals surface area (Å²) in [5, 5.41) is 12.3. The molecular formula is C13H17N3. The molecule has 84 valence electrons. The maximum Gasteiger partial charge on any atom is 0.101 e. The second kappa shape index (κ2) is 4.98. The first-order valence-electron chi connectivity index (χ1n) is 5.89. The van der Waals surface area contributed by atoms with Gasteiger partial charge in [0, 0.05) is 12.7 Å². The molecule has 0 bridgehead atoms. The van der Waals surface area contributed by atoms with Crippen LogP contribution >= 0.6 is 0 Å². The smallest absolute Gasteiger partial charge is 0.101 e. The van der Waals surface area contributed by atoms with E-state index >= 15 is 0 Å². The molecule has 0 amide bonds. The average Bonchev–Trinajstić information content (AvgIpc) is 2.72. The number of aromatic nitrogens is 1. The molecule has 0 aromatic carbocycles. The van der Waals surface area contributed by atoms with Crippen LogP contribution in [-0.2, 0) is 0 Å². The van der Waals surface area contributed by atoms with Crippen LogP contribution in [0.25, 0.3) is 0 Å². The van der Waals surface area contributed by atoms with Crippen molar-refractivity contribution in [3.8, 4) is 6.07 Å². The van der Waals surface area contributed by atoms with Crippen LogP contribution in [0.1, 0.15) is 31.7 Å². The zero-order valence-corrected chi connectivity index (χ0v) is 9.61. The molecule has 0 radical (unpaired) electrons. The highest BCUT2D eigenvalue weighted by atomic mass is 14.9. The van der Waals surface area contributed by atoms with Crippen LogP contribution in [0.2, 0.25) is 0 Å². The van der Waals surface area contributed by atoms with Crippen LogP contribution in [0.5, 0.6) is 0 Å². The Hall–Kier alpha value is -1.56. The number of rotatable bonds is 3. The summed E-state index contributed by atoms with van der Waals surface area (Å²) in [6.07, 6.45) is 7.37. The highest BCUT2D eigenvalue weighted by Gasteiger charge is 2.22. The van der Waals surface area contributed by atoms with Gasteiger partial charge < -0.3 is 5.32 Å². The molecule has 2 atom stereocenters. The van der Waals surface area contributed by atoms with E-state index in [1.807, 2.05) is 0 Å². The summed E-state index contributed by atoms with van der Waals surface area (Å²) in [7, 11) is 0. The lowest BCUT2D eigenvalue weighted by atomic mass is 9.98. The van der Waals surface area contributed by atoms with Crippen molar-refractivity contribution in [1.82, 2.24) is 4.98 Å². The summed E-state index contributed by atoms with van der Waals surface area (Å²) < 4.78 is 0. The van der Waals surface area contributed by atoms with Gasteiger partial charge in [-0.15, -0.1) is 0 Å². The van der Waals surface area contributed by atoms with Crippen molar-refractivity contribution in [2.24, 2.45) is 11.8 Å². The number of nitrogens with one attached hydrogen (secondary N) is 1. The molecule has 0 saturated heterocycles. The zero-order chi connectivity index (χ0) is 11.4. The summed E-state index contributed by atoms with van der Waals surface area (Å²) in [5.41, 5.74) is 1.55. The summed E-state index contributed by atoms with van der Waals surface area (Å²) in [4.78, 5) is 4.04. The minimum Gasteiger partial charge on any atom is -0.382 e. The third-order valence-electron chi connectivity index (χ3n) is 3.54. The topological polar surface area (TPSA) is 48.7 Å². The van der Waals surface area contributed by atoms with Gasteiger partial charge in [-0.05, 0) is 24.3 Å². The molecule has 0 spiro atoms. The van der Waals surface area contributed by atoms with Crippen molar-refractivity contribution >= 4 is 5.69 Å². The Morgan fingerprint density at radius 1 is 1.56 bits per heavy atom. The highest BCUT2D eigenvalue weighted by molar-refractivity contribution is 5.55. The van der Waals surface area contributed by atoms with Gasteiger partial charge in [-0.2, -0.15) is 5.26 Å². The van der Waals surface area contributed by atoms with Gasteiger partial charge >= 0.3 is 0 Å². The quantitative estimate of drug-likeness (QED) is 0.843. The Morgan fingerprint density at radius 3 is 3.12 bits per heavy atom. The molecular weight excluding hydrogens is 198 g/mol. The predicted molar refractivity (Wildman–Crippen MR) is 63.9 cm³/mol. The molecule has 1 fully saturated rings. The van der Waals surface area contributed by atoms with Gasteiger partial charge in [0.25, 0.3) is 0 Å². The fraction of sp³-hybridized carbons (Fsp3) is 0.538. The van der Waals surface area contributed by atoms with Crippen LogP contribution in [-0.4, -0.2) is 11.5 Å².